The van der Waals surface area contributed by atoms with Crippen molar-refractivity contribution in [3.8, 4) is 0 Å². The van der Waals surface area contributed by atoms with Gasteiger partial charge in [0.2, 0.25) is 0 Å². The van der Waals surface area contributed by atoms with Crippen molar-refractivity contribution in [3.05, 3.63) is 99.5 Å². The van der Waals surface area contributed by atoms with E-state index in [9.17, 15) is 4.79 Å². The van der Waals surface area contributed by atoms with E-state index in [1.165, 1.54) is 56.2 Å². The van der Waals surface area contributed by atoms with Gasteiger partial charge in [-0.2, -0.15) is 0 Å². The average molecular weight is 483 g/mol. The molecule has 1 aliphatic rings. The van der Waals surface area contributed by atoms with Crippen LogP contribution in [0.15, 0.2) is 54.7 Å². The molecule has 1 amide bonds. The Kier molecular flexibility index (Phi) is 6.81. The maximum Gasteiger partial charge on any atom is 0.267 e. The second-order valence-corrected chi connectivity index (χ2v) is 9.88. The molecule has 2 heterocycles. The Morgan fingerprint density at radius 3 is 2.78 bits per heavy atom. The SMILES string of the molecule is Cc1[nH]c(CN(CCc2c[nH]c3ccccc23)C2CCc3cc(/C=C/C(=O)NO)ccc32)c(C)c1C. The third kappa shape index (κ3) is 4.74. The van der Waals surface area contributed by atoms with Crippen molar-refractivity contribution >= 4 is 22.9 Å². The lowest BCUT2D eigenvalue weighted by Gasteiger charge is -2.30. The number of benzene rings is 2. The zero-order valence-corrected chi connectivity index (χ0v) is 21.2. The van der Waals surface area contributed by atoms with E-state index in [4.69, 9.17) is 5.21 Å². The molecular weight excluding hydrogens is 448 g/mol. The number of hydrogen-bond donors (Lipinski definition) is 4. The largest absolute Gasteiger partial charge is 0.361 e. The first-order valence-corrected chi connectivity index (χ1v) is 12.6. The summed E-state index contributed by atoms with van der Waals surface area (Å²) in [6, 6.07) is 15.3. The van der Waals surface area contributed by atoms with Gasteiger partial charge in [-0.1, -0.05) is 36.4 Å². The fourth-order valence-electron chi connectivity index (χ4n) is 5.54. The minimum atomic E-state index is -0.524. The van der Waals surface area contributed by atoms with E-state index in [2.05, 4.69) is 84.3 Å². The Morgan fingerprint density at radius 1 is 1.17 bits per heavy atom. The van der Waals surface area contributed by atoms with Gasteiger partial charge >= 0.3 is 0 Å². The smallest absolute Gasteiger partial charge is 0.267 e. The maximum absolute atomic E-state index is 11.4. The number of hydrogen-bond acceptors (Lipinski definition) is 3. The summed E-state index contributed by atoms with van der Waals surface area (Å²) < 4.78 is 0. The van der Waals surface area contributed by atoms with Gasteiger partial charge < -0.3 is 9.97 Å². The van der Waals surface area contributed by atoms with Crippen LogP contribution in [-0.4, -0.2) is 32.5 Å². The van der Waals surface area contributed by atoms with Crippen LogP contribution in [0, 0.1) is 20.8 Å². The van der Waals surface area contributed by atoms with Crippen LogP contribution >= 0.6 is 0 Å². The molecule has 6 nitrogen and oxygen atoms in total. The van der Waals surface area contributed by atoms with Gasteiger partial charge in [-0.05, 0) is 85.6 Å². The van der Waals surface area contributed by atoms with E-state index in [0.29, 0.717) is 6.04 Å². The molecule has 36 heavy (non-hydrogen) atoms. The van der Waals surface area contributed by atoms with Crippen LogP contribution < -0.4 is 5.48 Å². The molecule has 1 aliphatic carbocycles. The third-order valence-electron chi connectivity index (χ3n) is 7.81. The van der Waals surface area contributed by atoms with Gasteiger partial charge in [-0.3, -0.25) is 14.9 Å². The van der Waals surface area contributed by atoms with E-state index in [-0.39, 0.29) is 0 Å². The Labute approximate surface area is 212 Å². The van der Waals surface area contributed by atoms with Crippen LogP contribution in [0.5, 0.6) is 0 Å². The Balaban J connectivity index is 1.42. The molecule has 0 saturated heterocycles. The van der Waals surface area contributed by atoms with E-state index < -0.39 is 5.91 Å². The molecule has 1 atom stereocenters. The summed E-state index contributed by atoms with van der Waals surface area (Å²) in [5.41, 5.74) is 13.1. The second-order valence-electron chi connectivity index (χ2n) is 9.88. The van der Waals surface area contributed by atoms with Gasteiger partial charge in [0.1, 0.15) is 0 Å². The molecule has 2 aromatic heterocycles. The summed E-state index contributed by atoms with van der Waals surface area (Å²) in [4.78, 5) is 21.1. The number of aromatic nitrogens is 2. The fraction of sp³-hybridized carbons (Fsp3) is 0.300. The molecule has 0 bridgehead atoms. The summed E-state index contributed by atoms with van der Waals surface area (Å²) in [6.07, 6.45) is 8.30. The first-order chi connectivity index (χ1) is 17.4. The Hall–Kier alpha value is -3.61. The summed E-state index contributed by atoms with van der Waals surface area (Å²) in [6.45, 7) is 8.40. The monoisotopic (exact) mass is 482 g/mol. The maximum atomic E-state index is 11.4. The normalized spacial score (nSPS) is 15.3. The molecule has 4 aromatic rings. The Bertz CT molecular complexity index is 1430. The number of fused-ring (bicyclic) bond motifs is 2. The number of hydroxylamine groups is 1. The quantitative estimate of drug-likeness (QED) is 0.148. The van der Waals surface area contributed by atoms with E-state index in [0.717, 1.165) is 37.9 Å². The first-order valence-electron chi connectivity index (χ1n) is 12.6. The zero-order chi connectivity index (χ0) is 25.2. The van der Waals surface area contributed by atoms with Crippen LogP contribution in [-0.2, 0) is 24.2 Å². The lowest BCUT2D eigenvalue weighted by atomic mass is 10.0. The van der Waals surface area contributed by atoms with Crippen molar-refractivity contribution in [1.29, 1.82) is 0 Å². The summed E-state index contributed by atoms with van der Waals surface area (Å²) in [7, 11) is 0. The topological polar surface area (TPSA) is 84.2 Å². The Morgan fingerprint density at radius 2 is 2.00 bits per heavy atom. The highest BCUT2D eigenvalue weighted by atomic mass is 16.5. The van der Waals surface area contributed by atoms with Crippen molar-refractivity contribution in [2.24, 2.45) is 0 Å². The number of nitrogens with zero attached hydrogens (tertiary/aromatic N) is 1. The molecule has 0 spiro atoms. The standard InChI is InChI=1S/C30H34N4O2/c1-19-20(2)28(32-21(19)3)18-34(15-14-24-17-31-27-7-5-4-6-25(24)27)29-12-10-23-16-22(8-11-26(23)29)9-13-30(35)33-36/h4-9,11,13,16-17,29,31-32,36H,10,12,14-15,18H2,1-3H3,(H,33,35)/b13-9+. The lowest BCUT2D eigenvalue weighted by molar-refractivity contribution is -0.124. The summed E-state index contributed by atoms with van der Waals surface area (Å²) in [5, 5.41) is 10.0. The minimum absolute atomic E-state index is 0.340. The van der Waals surface area contributed by atoms with Crippen LogP contribution in [0.1, 0.15) is 57.2 Å². The van der Waals surface area contributed by atoms with Gasteiger partial charge in [-0.15, -0.1) is 0 Å². The number of para-hydroxylation sites is 1. The van der Waals surface area contributed by atoms with Crippen molar-refractivity contribution < 1.29 is 10.0 Å². The lowest BCUT2D eigenvalue weighted by Crippen LogP contribution is -2.30. The number of carbonyl (C=O) groups excluding carboxylic acids is 1. The number of rotatable bonds is 8. The number of H-pyrrole nitrogens is 2. The van der Waals surface area contributed by atoms with Gasteiger partial charge in [0, 0.05) is 53.7 Å². The third-order valence-corrected chi connectivity index (χ3v) is 7.81. The van der Waals surface area contributed by atoms with Crippen molar-refractivity contribution in [3.63, 3.8) is 0 Å². The molecule has 0 fully saturated rings. The number of amides is 1. The highest BCUT2D eigenvalue weighted by molar-refractivity contribution is 5.90. The molecule has 4 N–H and O–H groups in total. The molecule has 2 aromatic carbocycles. The van der Waals surface area contributed by atoms with E-state index in [1.807, 2.05) is 0 Å². The van der Waals surface area contributed by atoms with Gasteiger partial charge in [0.25, 0.3) is 5.91 Å². The molecular formula is C30H34N4O2. The molecule has 6 heteroatoms. The molecule has 0 saturated carbocycles. The zero-order valence-electron chi connectivity index (χ0n) is 21.2. The number of aryl methyl sites for hydroxylation is 2. The van der Waals surface area contributed by atoms with Crippen molar-refractivity contribution in [2.45, 2.75) is 52.6 Å². The van der Waals surface area contributed by atoms with Crippen LogP contribution in [0.25, 0.3) is 17.0 Å². The summed E-state index contributed by atoms with van der Waals surface area (Å²) in [5.74, 6) is -0.524. The van der Waals surface area contributed by atoms with Crippen molar-refractivity contribution in [1.82, 2.24) is 20.3 Å². The van der Waals surface area contributed by atoms with Crippen LogP contribution in [0.4, 0.5) is 0 Å². The van der Waals surface area contributed by atoms with Crippen molar-refractivity contribution in [2.75, 3.05) is 6.54 Å². The molecule has 5 rings (SSSR count). The minimum Gasteiger partial charge on any atom is -0.361 e. The molecule has 186 valence electrons. The van der Waals surface area contributed by atoms with E-state index >= 15 is 0 Å². The molecule has 1 unspecified atom stereocenters. The van der Waals surface area contributed by atoms with E-state index in [1.54, 1.807) is 11.6 Å². The number of aromatic amines is 2. The highest BCUT2D eigenvalue weighted by Gasteiger charge is 2.29. The van der Waals surface area contributed by atoms with Gasteiger partial charge in [-0.25, -0.2) is 5.48 Å². The predicted molar refractivity (Wildman–Crippen MR) is 144 cm³/mol. The average Bonchev–Trinajstić information content (AvgIpc) is 3.57. The van der Waals surface area contributed by atoms with Crippen LogP contribution in [0.3, 0.4) is 0 Å². The fourth-order valence-corrected chi connectivity index (χ4v) is 5.54. The predicted octanol–water partition coefficient (Wildman–Crippen LogP) is 5.67. The summed E-state index contributed by atoms with van der Waals surface area (Å²) >= 11 is 0. The highest BCUT2D eigenvalue weighted by Crippen LogP contribution is 2.38. The van der Waals surface area contributed by atoms with Gasteiger partial charge in [0.05, 0.1) is 0 Å². The van der Waals surface area contributed by atoms with Gasteiger partial charge in [0.15, 0.2) is 0 Å². The number of nitrogens with one attached hydrogen (secondary N) is 3. The van der Waals surface area contributed by atoms with Crippen LogP contribution in [0.2, 0.25) is 0 Å². The molecule has 0 aliphatic heterocycles. The second kappa shape index (κ2) is 10.2. The first kappa shape index (κ1) is 24.1. The number of carbonyl (C=O) groups is 1. The molecule has 0 radical (unpaired) electrons.